The first kappa shape index (κ1) is 12.5. The van der Waals surface area contributed by atoms with Crippen molar-refractivity contribution in [3.8, 4) is 0 Å². The standard InChI is InChI=1S/C10H20.CH2O2/c1-2-3-7-10-8-5-4-6-9-10;2-1-3/h10H,2-9H2,1H3;1H,(H,2,3). The average Bonchev–Trinajstić information content (AvgIpc) is 2.18. The van der Waals surface area contributed by atoms with E-state index in [-0.39, 0.29) is 6.47 Å². The molecule has 0 saturated heterocycles. The molecule has 0 amide bonds. The summed E-state index contributed by atoms with van der Waals surface area (Å²) in [5.41, 5.74) is 0. The fraction of sp³-hybridized carbons (Fsp3) is 0.909. The van der Waals surface area contributed by atoms with E-state index >= 15 is 0 Å². The minimum atomic E-state index is -0.250. The van der Waals surface area contributed by atoms with E-state index in [2.05, 4.69) is 6.92 Å². The van der Waals surface area contributed by atoms with Crippen molar-refractivity contribution in [3.05, 3.63) is 0 Å². The van der Waals surface area contributed by atoms with E-state index in [9.17, 15) is 0 Å². The van der Waals surface area contributed by atoms with Gasteiger partial charge >= 0.3 is 0 Å². The summed E-state index contributed by atoms with van der Waals surface area (Å²) in [4.78, 5) is 8.36. The maximum Gasteiger partial charge on any atom is 0.290 e. The monoisotopic (exact) mass is 186 g/mol. The Morgan fingerprint density at radius 1 is 1.31 bits per heavy atom. The topological polar surface area (TPSA) is 37.3 Å². The molecule has 0 atom stereocenters. The molecule has 1 fully saturated rings. The Hall–Kier alpha value is -0.530. The second kappa shape index (κ2) is 9.56. The van der Waals surface area contributed by atoms with Gasteiger partial charge in [0.05, 0.1) is 0 Å². The summed E-state index contributed by atoms with van der Waals surface area (Å²) in [6.45, 7) is 2.04. The number of hydrogen-bond acceptors (Lipinski definition) is 1. The summed E-state index contributed by atoms with van der Waals surface area (Å²) in [6, 6.07) is 0. The molecule has 2 heteroatoms. The highest BCUT2D eigenvalue weighted by molar-refractivity contribution is 5.32. The van der Waals surface area contributed by atoms with Gasteiger partial charge in [0.25, 0.3) is 6.47 Å². The first-order chi connectivity index (χ1) is 6.35. The molecule has 1 saturated carbocycles. The highest BCUT2D eigenvalue weighted by atomic mass is 16.3. The second-order valence-corrected chi connectivity index (χ2v) is 3.75. The third kappa shape index (κ3) is 7.82. The van der Waals surface area contributed by atoms with Gasteiger partial charge in [0, 0.05) is 0 Å². The van der Waals surface area contributed by atoms with Crippen LogP contribution in [0.4, 0.5) is 0 Å². The van der Waals surface area contributed by atoms with Crippen LogP contribution in [-0.2, 0) is 4.79 Å². The van der Waals surface area contributed by atoms with E-state index in [4.69, 9.17) is 9.90 Å². The number of hydrogen-bond donors (Lipinski definition) is 1. The van der Waals surface area contributed by atoms with Crippen LogP contribution in [0.2, 0.25) is 0 Å². The average molecular weight is 186 g/mol. The summed E-state index contributed by atoms with van der Waals surface area (Å²) in [6.07, 6.45) is 11.9. The van der Waals surface area contributed by atoms with Gasteiger partial charge in [0.15, 0.2) is 0 Å². The largest absolute Gasteiger partial charge is 0.483 e. The molecular weight excluding hydrogens is 164 g/mol. The van der Waals surface area contributed by atoms with Gasteiger partial charge in [-0.3, -0.25) is 4.79 Å². The summed E-state index contributed by atoms with van der Waals surface area (Å²) >= 11 is 0. The van der Waals surface area contributed by atoms with Gasteiger partial charge in [0.2, 0.25) is 0 Å². The molecule has 1 rings (SSSR count). The Morgan fingerprint density at radius 3 is 2.31 bits per heavy atom. The first-order valence-corrected chi connectivity index (χ1v) is 5.43. The van der Waals surface area contributed by atoms with E-state index < -0.39 is 0 Å². The fourth-order valence-corrected chi connectivity index (χ4v) is 1.97. The Labute approximate surface area is 81.3 Å². The quantitative estimate of drug-likeness (QED) is 0.685. The lowest BCUT2D eigenvalue weighted by molar-refractivity contribution is -0.122. The second-order valence-electron chi connectivity index (χ2n) is 3.75. The van der Waals surface area contributed by atoms with Crippen molar-refractivity contribution < 1.29 is 9.90 Å². The number of carbonyl (C=O) groups is 1. The normalized spacial score (nSPS) is 17.3. The lowest BCUT2D eigenvalue weighted by Gasteiger charge is -2.20. The van der Waals surface area contributed by atoms with Crippen LogP contribution in [0.15, 0.2) is 0 Å². The van der Waals surface area contributed by atoms with Crippen LogP contribution in [-0.4, -0.2) is 11.6 Å². The Morgan fingerprint density at radius 2 is 1.85 bits per heavy atom. The van der Waals surface area contributed by atoms with Crippen LogP contribution in [0.1, 0.15) is 58.3 Å². The van der Waals surface area contributed by atoms with Crippen LogP contribution >= 0.6 is 0 Å². The smallest absolute Gasteiger partial charge is 0.290 e. The van der Waals surface area contributed by atoms with Gasteiger partial charge in [0.1, 0.15) is 0 Å². The molecule has 0 aromatic rings. The Kier molecular flexibility index (Phi) is 9.17. The van der Waals surface area contributed by atoms with E-state index in [0.717, 1.165) is 5.92 Å². The summed E-state index contributed by atoms with van der Waals surface area (Å²) < 4.78 is 0. The molecule has 13 heavy (non-hydrogen) atoms. The van der Waals surface area contributed by atoms with Gasteiger partial charge in [-0.2, -0.15) is 0 Å². The first-order valence-electron chi connectivity index (χ1n) is 5.43. The van der Waals surface area contributed by atoms with E-state index in [1.165, 1.54) is 51.4 Å². The van der Waals surface area contributed by atoms with Gasteiger partial charge in [-0.15, -0.1) is 0 Å². The Balaban J connectivity index is 0.000000424. The van der Waals surface area contributed by atoms with Crippen molar-refractivity contribution in [1.29, 1.82) is 0 Å². The zero-order valence-electron chi connectivity index (χ0n) is 8.67. The molecule has 1 aliphatic rings. The highest BCUT2D eigenvalue weighted by Crippen LogP contribution is 2.27. The molecule has 1 N–H and O–H groups in total. The van der Waals surface area contributed by atoms with Crippen LogP contribution < -0.4 is 0 Å². The number of rotatable bonds is 3. The van der Waals surface area contributed by atoms with Crippen molar-refractivity contribution in [2.24, 2.45) is 5.92 Å². The summed E-state index contributed by atoms with van der Waals surface area (Å²) in [5.74, 6) is 1.11. The molecule has 0 aliphatic heterocycles. The predicted molar refractivity (Wildman–Crippen MR) is 54.8 cm³/mol. The molecule has 1 aliphatic carbocycles. The zero-order chi connectivity index (χ0) is 9.94. The van der Waals surface area contributed by atoms with Crippen molar-refractivity contribution in [2.75, 3.05) is 0 Å². The van der Waals surface area contributed by atoms with Gasteiger partial charge in [-0.1, -0.05) is 58.3 Å². The van der Waals surface area contributed by atoms with Crippen molar-refractivity contribution in [3.63, 3.8) is 0 Å². The van der Waals surface area contributed by atoms with E-state index in [0.29, 0.717) is 0 Å². The molecule has 0 aromatic carbocycles. The van der Waals surface area contributed by atoms with E-state index in [1.54, 1.807) is 0 Å². The zero-order valence-corrected chi connectivity index (χ0v) is 8.67. The minimum Gasteiger partial charge on any atom is -0.483 e. The molecule has 2 nitrogen and oxygen atoms in total. The van der Waals surface area contributed by atoms with Crippen LogP contribution in [0, 0.1) is 5.92 Å². The van der Waals surface area contributed by atoms with Gasteiger partial charge < -0.3 is 5.11 Å². The van der Waals surface area contributed by atoms with Crippen molar-refractivity contribution in [2.45, 2.75) is 58.3 Å². The summed E-state index contributed by atoms with van der Waals surface area (Å²) in [5, 5.41) is 6.89. The summed E-state index contributed by atoms with van der Waals surface area (Å²) in [7, 11) is 0. The van der Waals surface area contributed by atoms with Gasteiger partial charge in [-0.05, 0) is 5.92 Å². The van der Waals surface area contributed by atoms with Crippen molar-refractivity contribution >= 4 is 6.47 Å². The maximum absolute atomic E-state index is 8.36. The molecule has 0 unspecified atom stereocenters. The SMILES string of the molecule is CCCCC1CCCCC1.O=CO. The third-order valence-electron chi connectivity index (χ3n) is 2.69. The van der Waals surface area contributed by atoms with E-state index in [1.807, 2.05) is 0 Å². The van der Waals surface area contributed by atoms with Crippen LogP contribution in [0.25, 0.3) is 0 Å². The third-order valence-corrected chi connectivity index (χ3v) is 2.69. The molecule has 0 heterocycles. The van der Waals surface area contributed by atoms with Crippen LogP contribution in [0.3, 0.4) is 0 Å². The van der Waals surface area contributed by atoms with Crippen molar-refractivity contribution in [1.82, 2.24) is 0 Å². The molecule has 0 bridgehead atoms. The minimum absolute atomic E-state index is 0.250. The van der Waals surface area contributed by atoms with Gasteiger partial charge in [-0.25, -0.2) is 0 Å². The highest BCUT2D eigenvalue weighted by Gasteiger charge is 2.11. The predicted octanol–water partition coefficient (Wildman–Crippen LogP) is 3.46. The molecule has 0 spiro atoms. The molecule has 78 valence electrons. The number of carboxylic acid groups (broad SMARTS) is 1. The fourth-order valence-electron chi connectivity index (χ4n) is 1.97. The van der Waals surface area contributed by atoms with Crippen LogP contribution in [0.5, 0.6) is 0 Å². The molecule has 0 radical (unpaired) electrons. The number of unbranched alkanes of at least 4 members (excludes halogenated alkanes) is 1. The maximum atomic E-state index is 8.36. The molecular formula is C11H22O2. The lowest BCUT2D eigenvalue weighted by atomic mass is 9.86. The Bertz CT molecular complexity index is 107. The lowest BCUT2D eigenvalue weighted by Crippen LogP contribution is -2.05. The molecule has 0 aromatic heterocycles.